The number of tetrazole rings is 1. The summed E-state index contributed by atoms with van der Waals surface area (Å²) < 4.78 is 8.07. The molecule has 0 radical (unpaired) electrons. The van der Waals surface area contributed by atoms with Gasteiger partial charge in [0.25, 0.3) is 5.91 Å². The number of ether oxygens (including phenoxy) is 1. The summed E-state index contributed by atoms with van der Waals surface area (Å²) in [6.07, 6.45) is 1.40. The molecule has 4 rings (SSSR count). The zero-order valence-electron chi connectivity index (χ0n) is 17.6. The third-order valence-electron chi connectivity index (χ3n) is 5.46. The standard InChI is InChI=1S/C23H27N5O2/c1-23(2,3)21-15-27(14-20(30-21)18-7-5-4-6-8-18)22(29)19-11-9-17(10-12-19)13-28-16-24-25-26-28/h4-12,16,20-21H,13-15H2,1-3H3/t20-,21+/m0/s1. The van der Waals surface area contributed by atoms with Gasteiger partial charge in [-0.05, 0) is 39.1 Å². The number of benzene rings is 2. The Morgan fingerprint density at radius 3 is 2.43 bits per heavy atom. The van der Waals surface area contributed by atoms with E-state index in [0.29, 0.717) is 25.2 Å². The van der Waals surface area contributed by atoms with Crippen LogP contribution in [0.2, 0.25) is 0 Å². The van der Waals surface area contributed by atoms with Crippen molar-refractivity contribution in [3.63, 3.8) is 0 Å². The van der Waals surface area contributed by atoms with Crippen LogP contribution in [0, 0.1) is 5.41 Å². The van der Waals surface area contributed by atoms with Gasteiger partial charge >= 0.3 is 0 Å². The predicted octanol–water partition coefficient (Wildman–Crippen LogP) is 3.35. The smallest absolute Gasteiger partial charge is 0.254 e. The zero-order chi connectivity index (χ0) is 21.1. The van der Waals surface area contributed by atoms with Crippen LogP contribution in [-0.2, 0) is 11.3 Å². The van der Waals surface area contributed by atoms with Gasteiger partial charge in [0.2, 0.25) is 0 Å². The van der Waals surface area contributed by atoms with Crippen LogP contribution in [0.5, 0.6) is 0 Å². The van der Waals surface area contributed by atoms with Crippen LogP contribution >= 0.6 is 0 Å². The molecule has 0 spiro atoms. The molecule has 0 N–H and O–H groups in total. The molecular formula is C23H27N5O2. The van der Waals surface area contributed by atoms with Gasteiger partial charge in [-0.25, -0.2) is 4.68 Å². The number of carbonyl (C=O) groups excluding carboxylic acids is 1. The molecule has 0 aliphatic carbocycles. The fourth-order valence-electron chi connectivity index (χ4n) is 3.63. The summed E-state index contributed by atoms with van der Waals surface area (Å²) >= 11 is 0. The lowest BCUT2D eigenvalue weighted by Gasteiger charge is -2.43. The maximum Gasteiger partial charge on any atom is 0.254 e. The SMILES string of the molecule is CC(C)(C)[C@H]1CN(C(=O)c2ccc(Cn3cnnn3)cc2)C[C@@H](c2ccccc2)O1. The molecule has 1 amide bonds. The summed E-state index contributed by atoms with van der Waals surface area (Å²) in [5.74, 6) is 0.0300. The number of aromatic nitrogens is 4. The first-order valence-corrected chi connectivity index (χ1v) is 10.2. The molecule has 1 fully saturated rings. The Morgan fingerprint density at radius 2 is 1.80 bits per heavy atom. The second-order valence-corrected chi connectivity index (χ2v) is 8.80. The van der Waals surface area contributed by atoms with E-state index in [2.05, 4.69) is 48.4 Å². The molecule has 0 bridgehead atoms. The van der Waals surface area contributed by atoms with Gasteiger partial charge in [-0.1, -0.05) is 63.2 Å². The summed E-state index contributed by atoms with van der Waals surface area (Å²) in [5.41, 5.74) is 2.75. The molecule has 2 heterocycles. The molecule has 7 nitrogen and oxygen atoms in total. The van der Waals surface area contributed by atoms with Crippen molar-refractivity contribution in [2.24, 2.45) is 5.41 Å². The number of rotatable bonds is 4. The van der Waals surface area contributed by atoms with E-state index in [9.17, 15) is 4.79 Å². The van der Waals surface area contributed by atoms with E-state index in [4.69, 9.17) is 4.74 Å². The van der Waals surface area contributed by atoms with E-state index < -0.39 is 0 Å². The van der Waals surface area contributed by atoms with Crippen LogP contribution in [-0.4, -0.2) is 50.2 Å². The molecule has 3 aromatic rings. The van der Waals surface area contributed by atoms with Crippen molar-refractivity contribution >= 4 is 5.91 Å². The second-order valence-electron chi connectivity index (χ2n) is 8.80. The first kappa shape index (κ1) is 20.2. The Bertz CT molecular complexity index is 965. The Labute approximate surface area is 176 Å². The van der Waals surface area contributed by atoms with Crippen molar-refractivity contribution in [2.45, 2.75) is 39.5 Å². The Kier molecular flexibility index (Phi) is 5.63. The third kappa shape index (κ3) is 4.57. The molecule has 1 aliphatic rings. The molecule has 7 heteroatoms. The van der Waals surface area contributed by atoms with Gasteiger partial charge in [0, 0.05) is 12.1 Å². The molecule has 0 unspecified atom stereocenters. The van der Waals surface area contributed by atoms with Gasteiger partial charge < -0.3 is 9.64 Å². The highest BCUT2D eigenvalue weighted by Crippen LogP contribution is 2.34. The number of hydrogen-bond donors (Lipinski definition) is 0. The Balaban J connectivity index is 1.52. The highest BCUT2D eigenvalue weighted by Gasteiger charge is 2.37. The average Bonchev–Trinajstić information content (AvgIpc) is 3.26. The zero-order valence-corrected chi connectivity index (χ0v) is 17.6. The summed E-state index contributed by atoms with van der Waals surface area (Å²) in [6, 6.07) is 17.8. The van der Waals surface area contributed by atoms with Crippen LogP contribution in [0.3, 0.4) is 0 Å². The topological polar surface area (TPSA) is 73.1 Å². The molecule has 156 valence electrons. The third-order valence-corrected chi connectivity index (χ3v) is 5.46. The predicted molar refractivity (Wildman–Crippen MR) is 113 cm³/mol. The van der Waals surface area contributed by atoms with Crippen LogP contribution in [0.25, 0.3) is 0 Å². The monoisotopic (exact) mass is 405 g/mol. The molecule has 1 aliphatic heterocycles. The van der Waals surface area contributed by atoms with Crippen molar-refractivity contribution in [2.75, 3.05) is 13.1 Å². The average molecular weight is 406 g/mol. The molecule has 0 saturated carbocycles. The van der Waals surface area contributed by atoms with Crippen molar-refractivity contribution < 1.29 is 9.53 Å². The lowest BCUT2D eigenvalue weighted by atomic mass is 9.87. The molecular weight excluding hydrogens is 378 g/mol. The molecule has 2 aromatic carbocycles. The van der Waals surface area contributed by atoms with E-state index in [1.165, 1.54) is 0 Å². The number of hydrogen-bond acceptors (Lipinski definition) is 5. The number of carbonyl (C=O) groups is 1. The normalized spacial score (nSPS) is 19.6. The van der Waals surface area contributed by atoms with E-state index in [-0.39, 0.29) is 23.5 Å². The van der Waals surface area contributed by atoms with Crippen molar-refractivity contribution in [3.8, 4) is 0 Å². The quantitative estimate of drug-likeness (QED) is 0.666. The molecule has 1 saturated heterocycles. The number of amides is 1. The van der Waals surface area contributed by atoms with Crippen molar-refractivity contribution in [3.05, 3.63) is 77.6 Å². The van der Waals surface area contributed by atoms with E-state index >= 15 is 0 Å². The maximum absolute atomic E-state index is 13.3. The minimum atomic E-state index is -0.132. The fraction of sp³-hybridized carbons (Fsp3) is 0.391. The lowest BCUT2D eigenvalue weighted by molar-refractivity contribution is -0.119. The van der Waals surface area contributed by atoms with Gasteiger partial charge in [-0.2, -0.15) is 0 Å². The maximum atomic E-state index is 13.3. The second kappa shape index (κ2) is 8.36. The number of nitrogens with zero attached hydrogens (tertiary/aromatic N) is 5. The van der Waals surface area contributed by atoms with Gasteiger partial charge in [-0.3, -0.25) is 4.79 Å². The van der Waals surface area contributed by atoms with Gasteiger partial charge in [0.05, 0.1) is 19.2 Å². The molecule has 1 aromatic heterocycles. The van der Waals surface area contributed by atoms with Gasteiger partial charge in [0.1, 0.15) is 12.4 Å². The van der Waals surface area contributed by atoms with Crippen LogP contribution in [0.4, 0.5) is 0 Å². The Hall–Kier alpha value is -3.06. The van der Waals surface area contributed by atoms with Crippen LogP contribution < -0.4 is 0 Å². The summed E-state index contributed by atoms with van der Waals surface area (Å²) in [5, 5.41) is 11.2. The molecule has 2 atom stereocenters. The minimum Gasteiger partial charge on any atom is -0.366 e. The minimum absolute atomic E-state index is 0.0300. The van der Waals surface area contributed by atoms with Crippen LogP contribution in [0.1, 0.15) is 48.4 Å². The van der Waals surface area contributed by atoms with Crippen molar-refractivity contribution in [1.82, 2.24) is 25.1 Å². The number of morpholine rings is 1. The van der Waals surface area contributed by atoms with Crippen molar-refractivity contribution in [1.29, 1.82) is 0 Å². The van der Waals surface area contributed by atoms with E-state index in [1.807, 2.05) is 47.4 Å². The van der Waals surface area contributed by atoms with Gasteiger partial charge in [-0.15, -0.1) is 5.10 Å². The van der Waals surface area contributed by atoms with Gasteiger partial charge in [0.15, 0.2) is 0 Å². The summed E-state index contributed by atoms with van der Waals surface area (Å²) in [4.78, 5) is 15.2. The largest absolute Gasteiger partial charge is 0.366 e. The van der Waals surface area contributed by atoms with Crippen LogP contribution in [0.15, 0.2) is 60.9 Å². The molecule has 30 heavy (non-hydrogen) atoms. The highest BCUT2D eigenvalue weighted by molar-refractivity contribution is 5.94. The lowest BCUT2D eigenvalue weighted by Crippen LogP contribution is -2.51. The first-order chi connectivity index (χ1) is 14.4. The summed E-state index contributed by atoms with van der Waals surface area (Å²) in [6.45, 7) is 8.16. The Morgan fingerprint density at radius 1 is 1.07 bits per heavy atom. The summed E-state index contributed by atoms with van der Waals surface area (Å²) in [7, 11) is 0. The van der Waals surface area contributed by atoms with E-state index in [0.717, 1.165) is 11.1 Å². The highest BCUT2D eigenvalue weighted by atomic mass is 16.5. The first-order valence-electron chi connectivity index (χ1n) is 10.2. The fourth-order valence-corrected chi connectivity index (χ4v) is 3.63. The van der Waals surface area contributed by atoms with E-state index in [1.54, 1.807) is 11.0 Å².